The van der Waals surface area contributed by atoms with Crippen molar-refractivity contribution < 1.29 is 33.8 Å². The Bertz CT molecular complexity index is 1250. The van der Waals surface area contributed by atoms with E-state index < -0.39 is 47.7 Å². The number of allylic oxidation sites excluding steroid dienone is 1. The summed E-state index contributed by atoms with van der Waals surface area (Å²) in [5.41, 5.74) is -0.565. The lowest BCUT2D eigenvalue weighted by Gasteiger charge is -2.36. The lowest BCUT2D eigenvalue weighted by atomic mass is 9.74. The molecule has 1 aromatic carbocycles. The zero-order valence-corrected chi connectivity index (χ0v) is 25.0. The van der Waals surface area contributed by atoms with Crippen LogP contribution in [0.4, 0.5) is 0 Å². The zero-order chi connectivity index (χ0) is 30.6. The van der Waals surface area contributed by atoms with Crippen LogP contribution in [0.25, 0.3) is 0 Å². The number of nitrogens with zero attached hydrogens (tertiary/aromatic N) is 2. The topological polar surface area (TPSA) is 125 Å². The Morgan fingerprint density at radius 2 is 1.81 bits per heavy atom. The minimum Gasteiger partial charge on any atom is -0.455 e. The van der Waals surface area contributed by atoms with E-state index in [4.69, 9.17) is 9.47 Å². The number of hydrogen-bond donors (Lipinski definition) is 2. The van der Waals surface area contributed by atoms with Gasteiger partial charge in [-0.1, -0.05) is 68.0 Å². The van der Waals surface area contributed by atoms with Crippen LogP contribution >= 0.6 is 0 Å². The van der Waals surface area contributed by atoms with Gasteiger partial charge in [0.25, 0.3) is 0 Å². The summed E-state index contributed by atoms with van der Waals surface area (Å²) >= 11 is 0. The molecule has 4 heterocycles. The van der Waals surface area contributed by atoms with Crippen molar-refractivity contribution in [2.75, 3.05) is 26.2 Å². The van der Waals surface area contributed by atoms with Crippen LogP contribution in [0.2, 0.25) is 0 Å². The van der Waals surface area contributed by atoms with E-state index in [0.29, 0.717) is 32.4 Å². The molecule has 0 aromatic heterocycles. The van der Waals surface area contributed by atoms with Crippen molar-refractivity contribution in [3.63, 3.8) is 0 Å². The molecule has 5 rings (SSSR count). The van der Waals surface area contributed by atoms with Gasteiger partial charge in [0.15, 0.2) is 0 Å². The first kappa shape index (κ1) is 30.9. The number of cyclic esters (lactones) is 1. The van der Waals surface area contributed by atoms with Crippen molar-refractivity contribution in [3.8, 4) is 0 Å². The second kappa shape index (κ2) is 13.4. The normalized spacial score (nSPS) is 33.5. The number of nitrogens with one attached hydrogen (secondary N) is 1. The number of amides is 3. The predicted octanol–water partition coefficient (Wildman–Crippen LogP) is 2.68. The summed E-state index contributed by atoms with van der Waals surface area (Å²) in [6.07, 6.45) is 9.29. The minimum absolute atomic E-state index is 0.0222. The van der Waals surface area contributed by atoms with Gasteiger partial charge in [0.1, 0.15) is 23.7 Å². The van der Waals surface area contributed by atoms with E-state index in [0.717, 1.165) is 18.4 Å². The first-order chi connectivity index (χ1) is 20.8. The van der Waals surface area contributed by atoms with E-state index in [2.05, 4.69) is 12.2 Å². The summed E-state index contributed by atoms with van der Waals surface area (Å²) in [7, 11) is 0. The molecule has 0 unspecified atom stereocenters. The molecule has 2 N–H and O–H groups in total. The third kappa shape index (κ3) is 5.99. The molecule has 0 radical (unpaired) electrons. The molecular weight excluding hydrogens is 550 g/mol. The van der Waals surface area contributed by atoms with Gasteiger partial charge < -0.3 is 29.7 Å². The molecule has 5 bridgehead atoms. The fraction of sp³-hybridized carbons (Fsp3) is 0.576. The Balaban J connectivity index is 1.55. The highest BCUT2D eigenvalue weighted by atomic mass is 16.6. The largest absolute Gasteiger partial charge is 0.455 e. The summed E-state index contributed by atoms with van der Waals surface area (Å²) < 4.78 is 12.6. The summed E-state index contributed by atoms with van der Waals surface area (Å²) in [4.78, 5) is 58.8. The number of carbonyl (C=O) groups is 4. The number of benzene rings is 1. The van der Waals surface area contributed by atoms with E-state index in [1.165, 1.54) is 0 Å². The molecule has 1 aromatic rings. The van der Waals surface area contributed by atoms with Crippen LogP contribution in [-0.2, 0) is 28.7 Å². The quantitative estimate of drug-likeness (QED) is 0.270. The molecular formula is C33H43N3O7. The minimum atomic E-state index is -1.29. The average molecular weight is 594 g/mol. The highest BCUT2D eigenvalue weighted by molar-refractivity contribution is 5.99. The first-order valence-electron chi connectivity index (χ1n) is 15.6. The lowest BCUT2D eigenvalue weighted by molar-refractivity contribution is -0.161. The molecule has 43 heavy (non-hydrogen) atoms. The van der Waals surface area contributed by atoms with Crippen LogP contribution in [0.3, 0.4) is 0 Å². The van der Waals surface area contributed by atoms with Gasteiger partial charge in [0, 0.05) is 32.7 Å². The van der Waals surface area contributed by atoms with Crippen molar-refractivity contribution in [1.82, 2.24) is 15.1 Å². The van der Waals surface area contributed by atoms with Gasteiger partial charge >= 0.3 is 5.97 Å². The molecule has 4 aliphatic rings. The Morgan fingerprint density at radius 1 is 1.02 bits per heavy atom. The number of carbonyl (C=O) groups excluding carboxylic acids is 4. The number of hydrogen-bond acceptors (Lipinski definition) is 7. The van der Waals surface area contributed by atoms with E-state index in [1.54, 1.807) is 28.9 Å². The number of unbranched alkanes of at least 4 members (excludes halogenated alkanes) is 2. The van der Waals surface area contributed by atoms with Crippen molar-refractivity contribution in [2.24, 2.45) is 11.8 Å². The third-order valence-corrected chi connectivity index (χ3v) is 9.02. The molecule has 3 amide bonds. The van der Waals surface area contributed by atoms with Gasteiger partial charge in [-0.2, -0.15) is 0 Å². The number of aliphatic hydroxyl groups is 1. The third-order valence-electron chi connectivity index (χ3n) is 9.02. The number of ether oxygens (including phenoxy) is 2. The van der Waals surface area contributed by atoms with Crippen LogP contribution < -0.4 is 5.32 Å². The van der Waals surface area contributed by atoms with E-state index in [-0.39, 0.29) is 37.3 Å². The fourth-order valence-electron chi connectivity index (χ4n) is 6.91. The fourth-order valence-corrected chi connectivity index (χ4v) is 6.91. The Labute approximate surface area is 253 Å². The van der Waals surface area contributed by atoms with Gasteiger partial charge in [0.05, 0.1) is 18.1 Å². The lowest BCUT2D eigenvalue weighted by Crippen LogP contribution is -2.56. The molecule has 10 heteroatoms. The smallest absolute Gasteiger partial charge is 0.313 e. The highest BCUT2D eigenvalue weighted by Crippen LogP contribution is 2.56. The molecule has 0 saturated carbocycles. The SMILES string of the molecule is CCCCN1C/C=C\CCC(=O)N[C@@H](C)[C@H](c2ccccc2)OC(=O)[C@@H]2[C@H]3C(=O)N(CCCCO)[C@H](C1=O)[C@]31C=C[C@H]2O1. The number of likely N-dealkylation sites (tertiary alicyclic amines) is 1. The maximum Gasteiger partial charge on any atom is 0.313 e. The number of aliphatic hydroxyl groups excluding tert-OH is 1. The van der Waals surface area contributed by atoms with Gasteiger partial charge in [-0.25, -0.2) is 0 Å². The second-order valence-electron chi connectivity index (χ2n) is 11.9. The van der Waals surface area contributed by atoms with Crippen molar-refractivity contribution in [1.29, 1.82) is 0 Å². The molecule has 0 aliphatic carbocycles. The van der Waals surface area contributed by atoms with Crippen molar-refractivity contribution >= 4 is 23.7 Å². The average Bonchev–Trinajstić information content (AvgIpc) is 3.64. The maximum absolute atomic E-state index is 14.4. The van der Waals surface area contributed by atoms with Crippen molar-refractivity contribution in [3.05, 3.63) is 60.2 Å². The van der Waals surface area contributed by atoms with Crippen LogP contribution in [-0.4, -0.2) is 88.6 Å². The summed E-state index contributed by atoms with van der Waals surface area (Å²) in [5, 5.41) is 12.4. The molecule has 232 valence electrons. The van der Waals surface area contributed by atoms with E-state index in [9.17, 15) is 24.3 Å². The van der Waals surface area contributed by atoms with Crippen LogP contribution in [0.1, 0.15) is 64.0 Å². The molecule has 7 atom stereocenters. The van der Waals surface area contributed by atoms with Gasteiger partial charge in [0.2, 0.25) is 17.7 Å². The summed E-state index contributed by atoms with van der Waals surface area (Å²) in [6, 6.07) is 7.76. The number of rotatable bonds is 8. The number of fused-ring (bicyclic) bond motifs is 2. The Hall–Kier alpha value is -3.50. The summed E-state index contributed by atoms with van der Waals surface area (Å²) in [6.45, 7) is 4.94. The molecule has 2 fully saturated rings. The van der Waals surface area contributed by atoms with Crippen LogP contribution in [0.15, 0.2) is 54.6 Å². The first-order valence-corrected chi connectivity index (χ1v) is 15.6. The zero-order valence-electron chi connectivity index (χ0n) is 25.0. The van der Waals surface area contributed by atoms with Gasteiger partial charge in [-0.15, -0.1) is 0 Å². The predicted molar refractivity (Wildman–Crippen MR) is 158 cm³/mol. The van der Waals surface area contributed by atoms with E-state index >= 15 is 0 Å². The molecule has 4 aliphatic heterocycles. The molecule has 2 saturated heterocycles. The van der Waals surface area contributed by atoms with Crippen LogP contribution in [0, 0.1) is 11.8 Å². The van der Waals surface area contributed by atoms with Gasteiger partial charge in [-0.05, 0) is 38.2 Å². The van der Waals surface area contributed by atoms with Crippen LogP contribution in [0.5, 0.6) is 0 Å². The standard InChI is InChI=1S/C33H43N3O7/c1-3-4-18-35-19-10-6-9-15-25(38)34-22(2)28(23-13-7-5-8-14-23)42-32(41)26-24-16-17-33(43-24)27(26)30(39)36(20-11-12-21-37)29(33)31(35)40/h5-8,10,13-14,16-17,22,24,26-29,37H,3-4,9,11-12,15,18-21H2,1-2H3,(H,34,38)/b10-6-/t22-,24+,26-,27-,28+,29+,33-/m0/s1. The monoisotopic (exact) mass is 593 g/mol. The second-order valence-corrected chi connectivity index (χ2v) is 11.9. The van der Waals surface area contributed by atoms with Crippen molar-refractivity contribution in [2.45, 2.75) is 82.3 Å². The molecule has 10 nitrogen and oxygen atoms in total. The Morgan fingerprint density at radius 3 is 2.56 bits per heavy atom. The Kier molecular flexibility index (Phi) is 9.66. The van der Waals surface area contributed by atoms with E-state index in [1.807, 2.05) is 42.5 Å². The maximum atomic E-state index is 14.4. The van der Waals surface area contributed by atoms with Gasteiger partial charge in [-0.3, -0.25) is 19.2 Å². The summed E-state index contributed by atoms with van der Waals surface area (Å²) in [5.74, 6) is -3.16. The molecule has 1 spiro atoms. The number of esters is 1. The highest BCUT2D eigenvalue weighted by Gasteiger charge is 2.73.